The quantitative estimate of drug-likeness (QED) is 0.582. The molecule has 134 valence electrons. The lowest BCUT2D eigenvalue weighted by Crippen LogP contribution is -2.44. The number of carbonyl (C=O) groups is 3. The van der Waals surface area contributed by atoms with Gasteiger partial charge >= 0.3 is 0 Å². The Kier molecular flexibility index (Phi) is 6.74. The summed E-state index contributed by atoms with van der Waals surface area (Å²) in [6.45, 7) is 8.63. The van der Waals surface area contributed by atoms with E-state index < -0.39 is 0 Å². The summed E-state index contributed by atoms with van der Waals surface area (Å²) in [6.07, 6.45) is 1.48. The van der Waals surface area contributed by atoms with E-state index in [1.165, 1.54) is 18.0 Å². The molecule has 2 fully saturated rings. The van der Waals surface area contributed by atoms with Crippen molar-refractivity contribution < 1.29 is 19.1 Å². The van der Waals surface area contributed by atoms with E-state index in [4.69, 9.17) is 4.74 Å². The van der Waals surface area contributed by atoms with Crippen molar-refractivity contribution in [2.45, 2.75) is 12.5 Å². The molecule has 1 atom stereocenters. The predicted molar refractivity (Wildman–Crippen MR) is 88.2 cm³/mol. The molecule has 2 rings (SSSR count). The standard InChI is InChI=1S/C16H26N4O4/c1-3-15(22)18(2)12-14(21)17-13-10-16(23)20(11-13)5-4-19-6-8-24-9-7-19/h3,13H,1,4-12H2,2H3,(H,17,21). The molecule has 0 radical (unpaired) electrons. The lowest BCUT2D eigenvalue weighted by atomic mass is 10.2. The first-order valence-corrected chi connectivity index (χ1v) is 8.24. The Labute approximate surface area is 142 Å². The summed E-state index contributed by atoms with van der Waals surface area (Å²) in [4.78, 5) is 40.8. The number of carbonyl (C=O) groups excluding carboxylic acids is 3. The number of ether oxygens (including phenoxy) is 1. The van der Waals surface area contributed by atoms with Gasteiger partial charge in [-0.05, 0) is 6.08 Å². The molecule has 1 N–H and O–H groups in total. The van der Waals surface area contributed by atoms with Crippen LogP contribution in [-0.2, 0) is 19.1 Å². The molecule has 2 aliphatic heterocycles. The molecule has 0 aromatic rings. The van der Waals surface area contributed by atoms with Gasteiger partial charge in [-0.1, -0.05) is 6.58 Å². The maximum Gasteiger partial charge on any atom is 0.246 e. The van der Waals surface area contributed by atoms with Gasteiger partial charge in [-0.15, -0.1) is 0 Å². The first-order valence-electron chi connectivity index (χ1n) is 8.24. The van der Waals surface area contributed by atoms with Crippen LogP contribution in [0.2, 0.25) is 0 Å². The lowest BCUT2D eigenvalue weighted by Gasteiger charge is -2.28. The molecule has 2 aliphatic rings. The highest BCUT2D eigenvalue weighted by molar-refractivity contribution is 5.91. The Morgan fingerprint density at radius 3 is 2.75 bits per heavy atom. The summed E-state index contributed by atoms with van der Waals surface area (Å²) >= 11 is 0. The topological polar surface area (TPSA) is 82.2 Å². The molecule has 0 spiro atoms. The third-order valence-electron chi connectivity index (χ3n) is 4.30. The van der Waals surface area contributed by atoms with Crippen molar-refractivity contribution in [1.29, 1.82) is 0 Å². The zero-order valence-corrected chi connectivity index (χ0v) is 14.2. The van der Waals surface area contributed by atoms with Crippen LogP contribution in [0.25, 0.3) is 0 Å². The number of rotatable bonds is 7. The first kappa shape index (κ1) is 18.4. The molecule has 2 heterocycles. The van der Waals surface area contributed by atoms with Crippen molar-refractivity contribution in [1.82, 2.24) is 20.0 Å². The Bertz CT molecular complexity index is 490. The highest BCUT2D eigenvalue weighted by Gasteiger charge is 2.30. The van der Waals surface area contributed by atoms with E-state index in [0.29, 0.717) is 19.5 Å². The normalized spacial score (nSPS) is 21.6. The van der Waals surface area contributed by atoms with Gasteiger partial charge in [0.25, 0.3) is 0 Å². The number of morpholine rings is 1. The molecule has 1 unspecified atom stereocenters. The molecule has 0 aliphatic carbocycles. The fourth-order valence-electron chi connectivity index (χ4n) is 2.89. The average Bonchev–Trinajstić information content (AvgIpc) is 2.92. The summed E-state index contributed by atoms with van der Waals surface area (Å²) in [6, 6.07) is -0.193. The number of hydrogen-bond acceptors (Lipinski definition) is 5. The van der Waals surface area contributed by atoms with E-state index in [1.807, 2.05) is 0 Å². The van der Waals surface area contributed by atoms with Crippen LogP contribution >= 0.6 is 0 Å². The zero-order valence-electron chi connectivity index (χ0n) is 14.2. The Morgan fingerprint density at radius 1 is 1.38 bits per heavy atom. The third-order valence-corrected chi connectivity index (χ3v) is 4.30. The Balaban J connectivity index is 1.72. The second kappa shape index (κ2) is 8.79. The van der Waals surface area contributed by atoms with E-state index in [9.17, 15) is 14.4 Å². The first-order chi connectivity index (χ1) is 11.5. The minimum atomic E-state index is -0.306. The molecular weight excluding hydrogens is 312 g/mol. The number of likely N-dealkylation sites (N-methyl/N-ethyl adjacent to an activating group) is 1. The van der Waals surface area contributed by atoms with E-state index in [2.05, 4.69) is 16.8 Å². The molecule has 0 aromatic carbocycles. The van der Waals surface area contributed by atoms with Gasteiger partial charge in [0.1, 0.15) is 0 Å². The molecular formula is C16H26N4O4. The van der Waals surface area contributed by atoms with Crippen molar-refractivity contribution in [3.63, 3.8) is 0 Å². The second-order valence-corrected chi connectivity index (χ2v) is 6.16. The second-order valence-electron chi connectivity index (χ2n) is 6.16. The van der Waals surface area contributed by atoms with Crippen LogP contribution < -0.4 is 5.32 Å². The number of nitrogens with zero attached hydrogens (tertiary/aromatic N) is 3. The maximum atomic E-state index is 12.1. The van der Waals surface area contributed by atoms with E-state index >= 15 is 0 Å². The fraction of sp³-hybridized carbons (Fsp3) is 0.688. The molecule has 24 heavy (non-hydrogen) atoms. The summed E-state index contributed by atoms with van der Waals surface area (Å²) < 4.78 is 5.31. The summed E-state index contributed by atoms with van der Waals surface area (Å²) in [5, 5.41) is 2.82. The van der Waals surface area contributed by atoms with Crippen LogP contribution in [-0.4, -0.2) is 98.0 Å². The maximum absolute atomic E-state index is 12.1. The molecule has 0 bridgehead atoms. The molecule has 3 amide bonds. The smallest absolute Gasteiger partial charge is 0.246 e. The largest absolute Gasteiger partial charge is 0.379 e. The number of amides is 3. The molecule has 8 nitrogen and oxygen atoms in total. The van der Waals surface area contributed by atoms with E-state index in [1.54, 1.807) is 4.90 Å². The average molecular weight is 338 g/mol. The van der Waals surface area contributed by atoms with Gasteiger partial charge in [-0.2, -0.15) is 0 Å². The van der Waals surface area contributed by atoms with Crippen LogP contribution in [0, 0.1) is 0 Å². The number of likely N-dealkylation sites (tertiary alicyclic amines) is 1. The van der Waals surface area contributed by atoms with E-state index in [-0.39, 0.29) is 30.3 Å². The minimum Gasteiger partial charge on any atom is -0.379 e. The monoisotopic (exact) mass is 338 g/mol. The van der Waals surface area contributed by atoms with E-state index in [0.717, 1.165) is 32.8 Å². The van der Waals surface area contributed by atoms with Crippen LogP contribution in [0.15, 0.2) is 12.7 Å². The van der Waals surface area contributed by atoms with Crippen LogP contribution in [0.4, 0.5) is 0 Å². The van der Waals surface area contributed by atoms with Gasteiger partial charge in [-0.3, -0.25) is 19.3 Å². The van der Waals surface area contributed by atoms with Crippen molar-refractivity contribution in [2.75, 3.05) is 59.5 Å². The van der Waals surface area contributed by atoms with Gasteiger partial charge in [-0.25, -0.2) is 0 Å². The number of hydrogen-bond donors (Lipinski definition) is 1. The van der Waals surface area contributed by atoms with Crippen LogP contribution in [0.5, 0.6) is 0 Å². The third kappa shape index (κ3) is 5.31. The van der Waals surface area contributed by atoms with Crippen LogP contribution in [0.1, 0.15) is 6.42 Å². The molecule has 0 saturated carbocycles. The fourth-order valence-corrected chi connectivity index (χ4v) is 2.89. The lowest BCUT2D eigenvalue weighted by molar-refractivity contribution is -0.131. The SMILES string of the molecule is C=CC(=O)N(C)CC(=O)NC1CC(=O)N(CCN2CCOCC2)C1. The Hall–Kier alpha value is -1.93. The van der Waals surface area contributed by atoms with Gasteiger partial charge < -0.3 is 19.9 Å². The van der Waals surface area contributed by atoms with Gasteiger partial charge in [0.15, 0.2) is 0 Å². The summed E-state index contributed by atoms with van der Waals surface area (Å²) in [7, 11) is 1.54. The van der Waals surface area contributed by atoms with Crippen molar-refractivity contribution in [2.24, 2.45) is 0 Å². The highest BCUT2D eigenvalue weighted by Crippen LogP contribution is 2.11. The van der Waals surface area contributed by atoms with Crippen molar-refractivity contribution in [3.8, 4) is 0 Å². The molecule has 0 aromatic heterocycles. The summed E-state index contributed by atoms with van der Waals surface area (Å²) in [5.74, 6) is -0.510. The van der Waals surface area contributed by atoms with Crippen molar-refractivity contribution >= 4 is 17.7 Å². The van der Waals surface area contributed by atoms with Gasteiger partial charge in [0, 0.05) is 46.2 Å². The predicted octanol–water partition coefficient (Wildman–Crippen LogP) is -1.32. The molecule has 2 saturated heterocycles. The Morgan fingerprint density at radius 2 is 2.08 bits per heavy atom. The molecule has 8 heteroatoms. The summed E-state index contributed by atoms with van der Waals surface area (Å²) in [5.41, 5.74) is 0. The van der Waals surface area contributed by atoms with Crippen molar-refractivity contribution in [3.05, 3.63) is 12.7 Å². The van der Waals surface area contributed by atoms with Crippen LogP contribution in [0.3, 0.4) is 0 Å². The highest BCUT2D eigenvalue weighted by atomic mass is 16.5. The van der Waals surface area contributed by atoms with Gasteiger partial charge in [0.05, 0.1) is 25.8 Å². The number of nitrogens with one attached hydrogen (secondary N) is 1. The zero-order chi connectivity index (χ0) is 17.5. The van der Waals surface area contributed by atoms with Gasteiger partial charge in [0.2, 0.25) is 17.7 Å². The minimum absolute atomic E-state index is 0.0384.